The molecule has 0 aliphatic heterocycles. The maximum atomic E-state index is 12.8. The van der Waals surface area contributed by atoms with Gasteiger partial charge in [0.15, 0.2) is 0 Å². The van der Waals surface area contributed by atoms with Crippen molar-refractivity contribution in [3.05, 3.63) is 87.8 Å². The summed E-state index contributed by atoms with van der Waals surface area (Å²) in [7, 11) is -7.47. The van der Waals surface area contributed by atoms with E-state index in [0.29, 0.717) is 52.4 Å². The quantitative estimate of drug-likeness (QED) is 0.151. The van der Waals surface area contributed by atoms with E-state index in [2.05, 4.69) is 35.2 Å². The molecule has 4 rings (SSSR count). The number of nitrogens with zero attached hydrogens (tertiary/aromatic N) is 6. The van der Waals surface area contributed by atoms with Crippen molar-refractivity contribution in [2.75, 3.05) is 12.4 Å². The van der Waals surface area contributed by atoms with Crippen LogP contribution in [0.5, 0.6) is 0 Å². The van der Waals surface area contributed by atoms with Gasteiger partial charge in [-0.2, -0.15) is 26.8 Å². The lowest BCUT2D eigenvalue weighted by molar-refractivity contribution is 0.397. The van der Waals surface area contributed by atoms with Gasteiger partial charge in [0.05, 0.1) is 7.11 Å². The summed E-state index contributed by atoms with van der Waals surface area (Å²) >= 11 is 0. The van der Waals surface area contributed by atoms with Crippen LogP contribution < -0.4 is 5.32 Å². The molecule has 220 valence electrons. The van der Waals surface area contributed by atoms with Crippen LogP contribution in [0.15, 0.2) is 41.3 Å². The molecule has 0 saturated carbocycles. The monoisotopic (exact) mass is 611 g/mol. The van der Waals surface area contributed by atoms with Crippen LogP contribution in [-0.2, 0) is 36.6 Å². The summed E-state index contributed by atoms with van der Waals surface area (Å²) in [6, 6.07) is 9.69. The van der Waals surface area contributed by atoms with Crippen LogP contribution in [-0.4, -0.2) is 58.4 Å². The Balaban J connectivity index is 1.71. The number of aromatic nitrogens is 6. The van der Waals surface area contributed by atoms with Gasteiger partial charge in [-0.15, -0.1) is 0 Å². The second-order valence-electron chi connectivity index (χ2n) is 9.37. The van der Waals surface area contributed by atoms with Crippen molar-refractivity contribution in [2.24, 2.45) is 0 Å². The Morgan fingerprint density at radius 1 is 0.786 bits per heavy atom. The summed E-state index contributed by atoms with van der Waals surface area (Å²) in [5, 5.41) is 2.98. The zero-order valence-corrected chi connectivity index (χ0v) is 25.2. The first kappa shape index (κ1) is 30.8. The van der Waals surface area contributed by atoms with Crippen molar-refractivity contribution in [3.63, 3.8) is 0 Å². The van der Waals surface area contributed by atoms with E-state index in [4.69, 9.17) is 4.18 Å². The van der Waals surface area contributed by atoms with E-state index in [9.17, 15) is 21.4 Å². The van der Waals surface area contributed by atoms with E-state index in [1.54, 1.807) is 64.1 Å². The van der Waals surface area contributed by atoms with E-state index >= 15 is 0 Å². The first-order valence-electron chi connectivity index (χ1n) is 12.5. The largest absolute Gasteiger partial charge is 0.324 e. The van der Waals surface area contributed by atoms with Crippen molar-refractivity contribution < 1.29 is 25.6 Å². The highest BCUT2D eigenvalue weighted by Gasteiger charge is 2.19. The summed E-state index contributed by atoms with van der Waals surface area (Å²) in [6.45, 7) is 6.94. The summed E-state index contributed by atoms with van der Waals surface area (Å²) < 4.78 is 63.6. The Morgan fingerprint density at radius 3 is 1.95 bits per heavy atom. The average Bonchev–Trinajstić information content (AvgIpc) is 2.86. The van der Waals surface area contributed by atoms with Crippen LogP contribution in [0.1, 0.15) is 51.4 Å². The standard InChI is InChI=1S/C27H29N7O6S2/c1-16-28-17(2)31-26(30-16)13-20-6-7-21(23(12-20)15-41(35,36)37)8-9-22-10-11-24(14-25(22)42(38,39)40-5)34-27-32-18(3)29-19(4)33-27/h6-12,14H,13,15H2,1-5H3,(H,35,36,37)(H,29,32,33,34)/b9-8+. The van der Waals surface area contributed by atoms with Gasteiger partial charge in [0.25, 0.3) is 20.2 Å². The predicted octanol–water partition coefficient (Wildman–Crippen LogP) is 3.52. The van der Waals surface area contributed by atoms with Gasteiger partial charge in [0.1, 0.15) is 39.8 Å². The molecule has 2 aromatic carbocycles. The third-order valence-corrected chi connectivity index (χ3v) is 7.88. The number of hydrogen-bond acceptors (Lipinski definition) is 12. The minimum Gasteiger partial charge on any atom is -0.324 e. The fourth-order valence-electron chi connectivity index (χ4n) is 4.23. The average molecular weight is 612 g/mol. The fraction of sp³-hybridized carbons (Fsp3) is 0.259. The molecule has 2 heterocycles. The van der Waals surface area contributed by atoms with Crippen molar-refractivity contribution in [3.8, 4) is 0 Å². The molecule has 0 atom stereocenters. The number of hydrogen-bond donors (Lipinski definition) is 2. The highest BCUT2D eigenvalue weighted by atomic mass is 32.2. The molecule has 42 heavy (non-hydrogen) atoms. The lowest BCUT2D eigenvalue weighted by atomic mass is 10.0. The highest BCUT2D eigenvalue weighted by Crippen LogP contribution is 2.27. The topological polar surface area (TPSA) is 187 Å². The van der Waals surface area contributed by atoms with Crippen LogP contribution in [0, 0.1) is 27.7 Å². The number of nitrogens with one attached hydrogen (secondary N) is 1. The van der Waals surface area contributed by atoms with Gasteiger partial charge in [-0.3, -0.25) is 8.74 Å². The van der Waals surface area contributed by atoms with Crippen LogP contribution in [0.25, 0.3) is 12.2 Å². The second-order valence-corrected chi connectivity index (χ2v) is 12.5. The zero-order chi connectivity index (χ0) is 30.7. The molecule has 0 radical (unpaired) electrons. The Hall–Kier alpha value is -4.18. The molecule has 4 aromatic rings. The normalized spacial score (nSPS) is 12.1. The lowest BCUT2D eigenvalue weighted by Crippen LogP contribution is -2.07. The Morgan fingerprint density at radius 2 is 1.36 bits per heavy atom. The van der Waals surface area contributed by atoms with E-state index in [-0.39, 0.29) is 16.4 Å². The van der Waals surface area contributed by atoms with E-state index in [1.807, 2.05) is 0 Å². The summed E-state index contributed by atoms with van der Waals surface area (Å²) in [4.78, 5) is 25.2. The minimum atomic E-state index is -4.38. The first-order valence-corrected chi connectivity index (χ1v) is 15.6. The number of rotatable bonds is 10. The van der Waals surface area contributed by atoms with Gasteiger partial charge >= 0.3 is 0 Å². The highest BCUT2D eigenvalue weighted by molar-refractivity contribution is 7.86. The molecule has 2 N–H and O–H groups in total. The molecule has 13 nitrogen and oxygen atoms in total. The number of aryl methyl sites for hydroxylation is 4. The third-order valence-electron chi connectivity index (χ3n) is 5.87. The molecule has 2 aromatic heterocycles. The van der Waals surface area contributed by atoms with Gasteiger partial charge in [-0.25, -0.2) is 19.9 Å². The second kappa shape index (κ2) is 12.4. The van der Waals surface area contributed by atoms with Crippen LogP contribution in [0.3, 0.4) is 0 Å². The van der Waals surface area contributed by atoms with Crippen molar-refractivity contribution in [1.29, 1.82) is 0 Å². The van der Waals surface area contributed by atoms with Gasteiger partial charge < -0.3 is 5.32 Å². The number of benzene rings is 2. The van der Waals surface area contributed by atoms with Crippen LogP contribution >= 0.6 is 0 Å². The predicted molar refractivity (Wildman–Crippen MR) is 156 cm³/mol. The van der Waals surface area contributed by atoms with Crippen molar-refractivity contribution in [1.82, 2.24) is 29.9 Å². The molecule has 15 heteroatoms. The minimum absolute atomic E-state index is 0.137. The van der Waals surface area contributed by atoms with Crippen LogP contribution in [0.4, 0.5) is 11.6 Å². The summed E-state index contributed by atoms with van der Waals surface area (Å²) in [5.74, 6) is 2.26. The maximum absolute atomic E-state index is 12.8. The summed E-state index contributed by atoms with van der Waals surface area (Å²) in [5.41, 5.74) is 2.16. The number of anilines is 2. The molecule has 0 saturated heterocycles. The van der Waals surface area contributed by atoms with Gasteiger partial charge in [-0.05, 0) is 62.1 Å². The Labute approximate surface area is 244 Å². The maximum Gasteiger partial charge on any atom is 0.297 e. The smallest absolute Gasteiger partial charge is 0.297 e. The summed E-state index contributed by atoms with van der Waals surface area (Å²) in [6.07, 6.45) is 3.41. The Kier molecular flexibility index (Phi) is 9.06. The molecule has 0 unspecified atom stereocenters. The van der Waals surface area contributed by atoms with Gasteiger partial charge in [0.2, 0.25) is 5.95 Å². The third kappa shape index (κ3) is 8.19. The zero-order valence-electron chi connectivity index (χ0n) is 23.5. The molecule has 0 amide bonds. The fourth-order valence-corrected chi connectivity index (χ4v) is 5.75. The van der Waals surface area contributed by atoms with Crippen molar-refractivity contribution in [2.45, 2.75) is 44.8 Å². The molecule has 0 aliphatic carbocycles. The van der Waals surface area contributed by atoms with Gasteiger partial charge in [0, 0.05) is 12.1 Å². The molecular weight excluding hydrogens is 582 g/mol. The molecular formula is C27H29N7O6S2. The molecule has 0 aliphatic rings. The van der Waals surface area contributed by atoms with E-state index in [1.165, 1.54) is 12.1 Å². The first-order chi connectivity index (χ1) is 19.7. The molecule has 0 spiro atoms. The van der Waals surface area contributed by atoms with E-state index in [0.717, 1.165) is 12.7 Å². The Bertz CT molecular complexity index is 1850. The lowest BCUT2D eigenvalue weighted by Gasteiger charge is -2.11. The van der Waals surface area contributed by atoms with Crippen molar-refractivity contribution >= 4 is 44.0 Å². The van der Waals surface area contributed by atoms with E-state index < -0.39 is 26.0 Å². The van der Waals surface area contributed by atoms with Gasteiger partial charge in [-0.1, -0.05) is 36.4 Å². The molecule has 0 bridgehead atoms. The molecule has 0 fully saturated rings. The SMILES string of the molecule is COS(=O)(=O)c1cc(Nc2nc(C)nc(C)n2)ccc1/C=C/c1ccc(Cc2nc(C)nc(C)n2)cc1CS(=O)(=O)O. The van der Waals surface area contributed by atoms with Crippen LogP contribution in [0.2, 0.25) is 0 Å².